The van der Waals surface area contributed by atoms with Crippen LogP contribution in [0, 0.1) is 0 Å². The number of anilines is 1. The van der Waals surface area contributed by atoms with E-state index in [1.54, 1.807) is 6.26 Å². The van der Waals surface area contributed by atoms with Crippen LogP contribution in [-0.2, 0) is 11.2 Å². The van der Waals surface area contributed by atoms with Gasteiger partial charge in [-0.25, -0.2) is 0 Å². The van der Waals surface area contributed by atoms with Crippen LogP contribution >= 0.6 is 0 Å². The molecule has 1 amide bonds. The quantitative estimate of drug-likeness (QED) is 0.620. The molecular weight excluding hydrogens is 326 g/mol. The van der Waals surface area contributed by atoms with Crippen molar-refractivity contribution in [3.63, 3.8) is 0 Å². The van der Waals surface area contributed by atoms with Crippen LogP contribution in [0.15, 0.2) is 77.4 Å². The molecule has 1 atom stereocenters. The maximum Gasteiger partial charge on any atom is 0.225 e. The van der Waals surface area contributed by atoms with Crippen LogP contribution in [0.2, 0.25) is 0 Å². The Labute approximate surface area is 153 Å². The van der Waals surface area contributed by atoms with Gasteiger partial charge in [-0.15, -0.1) is 0 Å². The second-order valence-corrected chi connectivity index (χ2v) is 6.11. The first-order valence-electron chi connectivity index (χ1n) is 8.84. The van der Waals surface area contributed by atoms with Gasteiger partial charge in [-0.1, -0.05) is 30.3 Å². The summed E-state index contributed by atoms with van der Waals surface area (Å²) in [4.78, 5) is 12.5. The Balaban J connectivity index is 1.65. The standard InChI is InChI=1S/C22H23NO3/c1-2-25-20-12-10-19(11-13-20)23-22(24)16-18(21-9-6-14-26-21)15-17-7-4-3-5-8-17/h3-14,18H,2,15-16H2,1H3,(H,23,24)/t18-/m1/s1. The van der Waals surface area contributed by atoms with Crippen LogP contribution in [-0.4, -0.2) is 12.5 Å². The van der Waals surface area contributed by atoms with Crippen molar-refractivity contribution in [2.75, 3.05) is 11.9 Å². The summed E-state index contributed by atoms with van der Waals surface area (Å²) in [5.41, 5.74) is 1.94. The molecule has 0 aliphatic heterocycles. The third-order valence-corrected chi connectivity index (χ3v) is 4.15. The van der Waals surface area contributed by atoms with E-state index in [0.29, 0.717) is 13.0 Å². The van der Waals surface area contributed by atoms with Gasteiger partial charge in [0.25, 0.3) is 0 Å². The van der Waals surface area contributed by atoms with Crippen molar-refractivity contribution in [2.24, 2.45) is 0 Å². The molecule has 0 saturated heterocycles. The first kappa shape index (κ1) is 17.8. The normalized spacial score (nSPS) is 11.7. The van der Waals surface area contributed by atoms with Gasteiger partial charge in [0.2, 0.25) is 5.91 Å². The molecule has 134 valence electrons. The van der Waals surface area contributed by atoms with E-state index in [2.05, 4.69) is 17.4 Å². The fourth-order valence-electron chi connectivity index (χ4n) is 2.93. The third-order valence-electron chi connectivity index (χ3n) is 4.15. The summed E-state index contributed by atoms with van der Waals surface area (Å²) < 4.78 is 11.0. The topological polar surface area (TPSA) is 51.5 Å². The highest BCUT2D eigenvalue weighted by Crippen LogP contribution is 2.26. The second kappa shape index (κ2) is 8.90. The second-order valence-electron chi connectivity index (χ2n) is 6.11. The molecule has 0 bridgehead atoms. The van der Waals surface area contributed by atoms with E-state index in [1.165, 1.54) is 5.56 Å². The lowest BCUT2D eigenvalue weighted by atomic mass is 9.93. The highest BCUT2D eigenvalue weighted by Gasteiger charge is 2.19. The van der Waals surface area contributed by atoms with Gasteiger partial charge in [0.15, 0.2) is 0 Å². The Morgan fingerprint density at radius 2 is 1.81 bits per heavy atom. The van der Waals surface area contributed by atoms with Gasteiger partial charge in [-0.2, -0.15) is 0 Å². The Kier molecular flexibility index (Phi) is 6.09. The zero-order valence-corrected chi connectivity index (χ0v) is 14.9. The van der Waals surface area contributed by atoms with Crippen molar-refractivity contribution in [3.8, 4) is 5.75 Å². The molecule has 2 aromatic carbocycles. The van der Waals surface area contributed by atoms with Crippen molar-refractivity contribution in [1.29, 1.82) is 0 Å². The first-order chi connectivity index (χ1) is 12.7. The van der Waals surface area contributed by atoms with Crippen molar-refractivity contribution in [1.82, 2.24) is 0 Å². The van der Waals surface area contributed by atoms with Gasteiger partial charge < -0.3 is 14.5 Å². The summed E-state index contributed by atoms with van der Waals surface area (Å²) in [5.74, 6) is 1.58. The molecule has 0 aliphatic carbocycles. The van der Waals surface area contributed by atoms with Crippen molar-refractivity contribution < 1.29 is 13.9 Å². The molecule has 4 nitrogen and oxygen atoms in total. The SMILES string of the molecule is CCOc1ccc(NC(=O)C[C@@H](Cc2ccccc2)c2ccco2)cc1. The van der Waals surface area contributed by atoms with E-state index in [1.807, 2.05) is 61.5 Å². The van der Waals surface area contributed by atoms with Gasteiger partial charge in [0.1, 0.15) is 11.5 Å². The molecule has 3 rings (SSSR count). The van der Waals surface area contributed by atoms with Gasteiger partial charge in [-0.05, 0) is 55.3 Å². The average Bonchev–Trinajstić information content (AvgIpc) is 3.19. The molecule has 0 unspecified atom stereocenters. The maximum atomic E-state index is 12.5. The Bertz CT molecular complexity index is 795. The molecule has 0 spiro atoms. The number of carbonyl (C=O) groups excluding carboxylic acids is 1. The largest absolute Gasteiger partial charge is 0.494 e. The van der Waals surface area contributed by atoms with Gasteiger partial charge in [-0.3, -0.25) is 4.79 Å². The number of carbonyl (C=O) groups is 1. The zero-order valence-electron chi connectivity index (χ0n) is 14.9. The number of hydrogen-bond acceptors (Lipinski definition) is 3. The predicted octanol–water partition coefficient (Wildman–Crippen LogP) is 5.03. The van der Waals surface area contributed by atoms with Crippen LogP contribution in [0.4, 0.5) is 5.69 Å². The van der Waals surface area contributed by atoms with Crippen molar-refractivity contribution >= 4 is 11.6 Å². The molecule has 0 aliphatic rings. The summed E-state index contributed by atoms with van der Waals surface area (Å²) in [6, 6.07) is 21.3. The lowest BCUT2D eigenvalue weighted by Crippen LogP contribution is -2.16. The molecule has 3 aromatic rings. The van der Waals surface area contributed by atoms with Gasteiger partial charge in [0, 0.05) is 18.0 Å². The van der Waals surface area contributed by atoms with E-state index in [4.69, 9.17) is 9.15 Å². The molecule has 4 heteroatoms. The molecule has 0 fully saturated rings. The van der Waals surface area contributed by atoms with Crippen LogP contribution in [0.25, 0.3) is 0 Å². The van der Waals surface area contributed by atoms with E-state index >= 15 is 0 Å². The molecule has 26 heavy (non-hydrogen) atoms. The fraction of sp³-hybridized carbons (Fsp3) is 0.227. The highest BCUT2D eigenvalue weighted by molar-refractivity contribution is 5.91. The fourth-order valence-corrected chi connectivity index (χ4v) is 2.93. The van der Waals surface area contributed by atoms with Crippen LogP contribution in [0.3, 0.4) is 0 Å². The third kappa shape index (κ3) is 4.99. The summed E-state index contributed by atoms with van der Waals surface area (Å²) >= 11 is 0. The van der Waals surface area contributed by atoms with E-state index in [-0.39, 0.29) is 11.8 Å². The summed E-state index contributed by atoms with van der Waals surface area (Å²) in [6.45, 7) is 2.56. The van der Waals surface area contributed by atoms with E-state index in [9.17, 15) is 4.79 Å². The highest BCUT2D eigenvalue weighted by atomic mass is 16.5. The number of ether oxygens (including phenoxy) is 1. The monoisotopic (exact) mass is 349 g/mol. The minimum atomic E-state index is -0.0357. The van der Waals surface area contributed by atoms with E-state index < -0.39 is 0 Å². The molecular formula is C22H23NO3. The first-order valence-corrected chi connectivity index (χ1v) is 8.84. The van der Waals surface area contributed by atoms with Crippen LogP contribution in [0.5, 0.6) is 5.75 Å². The number of benzene rings is 2. The zero-order chi connectivity index (χ0) is 18.2. The number of rotatable bonds is 8. The Hall–Kier alpha value is -3.01. The van der Waals surface area contributed by atoms with Crippen molar-refractivity contribution in [2.45, 2.75) is 25.7 Å². The molecule has 1 heterocycles. The van der Waals surface area contributed by atoms with E-state index in [0.717, 1.165) is 23.6 Å². The molecule has 1 N–H and O–H groups in total. The van der Waals surface area contributed by atoms with Gasteiger partial charge in [0.05, 0.1) is 12.9 Å². The lowest BCUT2D eigenvalue weighted by Gasteiger charge is -2.15. The smallest absolute Gasteiger partial charge is 0.225 e. The molecule has 0 radical (unpaired) electrons. The minimum absolute atomic E-state index is 0.00454. The molecule has 1 aromatic heterocycles. The number of hydrogen-bond donors (Lipinski definition) is 1. The minimum Gasteiger partial charge on any atom is -0.494 e. The van der Waals surface area contributed by atoms with Crippen LogP contribution < -0.4 is 10.1 Å². The maximum absolute atomic E-state index is 12.5. The summed E-state index contributed by atoms with van der Waals surface area (Å²) in [5, 5.41) is 2.95. The molecule has 0 saturated carbocycles. The lowest BCUT2D eigenvalue weighted by molar-refractivity contribution is -0.116. The summed E-state index contributed by atoms with van der Waals surface area (Å²) in [7, 11) is 0. The number of amides is 1. The predicted molar refractivity (Wildman–Crippen MR) is 102 cm³/mol. The number of nitrogens with one attached hydrogen (secondary N) is 1. The Morgan fingerprint density at radius 1 is 1.04 bits per heavy atom. The number of furan rings is 1. The van der Waals surface area contributed by atoms with Crippen molar-refractivity contribution in [3.05, 3.63) is 84.3 Å². The Morgan fingerprint density at radius 3 is 2.46 bits per heavy atom. The average molecular weight is 349 g/mol. The van der Waals surface area contributed by atoms with Gasteiger partial charge >= 0.3 is 0 Å². The summed E-state index contributed by atoms with van der Waals surface area (Å²) in [6.07, 6.45) is 2.76. The van der Waals surface area contributed by atoms with Crippen LogP contribution in [0.1, 0.15) is 30.6 Å².